The fourth-order valence-corrected chi connectivity index (χ4v) is 3.72. The molecule has 1 fully saturated rings. The molecule has 1 aromatic heterocycles. The van der Waals surface area contributed by atoms with E-state index in [1.807, 2.05) is 0 Å². The minimum Gasteiger partial charge on any atom is -0.365 e. The smallest absolute Gasteiger partial charge is 0.247 e. The number of nitrogens with one attached hydrogen (secondary N) is 1. The second-order valence-corrected chi connectivity index (χ2v) is 6.71. The summed E-state index contributed by atoms with van der Waals surface area (Å²) in [4.78, 5) is 6.08. The fourth-order valence-electron chi connectivity index (χ4n) is 1.95. The van der Waals surface area contributed by atoms with Gasteiger partial charge in [-0.3, -0.25) is 0 Å². The van der Waals surface area contributed by atoms with E-state index in [0.717, 1.165) is 0 Å². The normalized spacial score (nSPS) is 21.0. The van der Waals surface area contributed by atoms with E-state index in [1.54, 1.807) is 18.0 Å². The molecule has 0 radical (unpaired) electrons. The molecule has 1 aliphatic rings. The zero-order chi connectivity index (χ0) is 13.9. The molecular weight excluding hydrogens is 266 g/mol. The number of rotatable bonds is 5. The summed E-state index contributed by atoms with van der Waals surface area (Å²) < 4.78 is 23.0. The van der Waals surface area contributed by atoms with Crippen molar-refractivity contribution in [3.05, 3.63) is 18.9 Å². The van der Waals surface area contributed by atoms with E-state index in [1.165, 1.54) is 6.20 Å². The highest BCUT2D eigenvalue weighted by Crippen LogP contribution is 2.20. The van der Waals surface area contributed by atoms with E-state index >= 15 is 0 Å². The van der Waals surface area contributed by atoms with E-state index in [9.17, 15) is 8.42 Å². The van der Waals surface area contributed by atoms with Gasteiger partial charge in [-0.25, -0.2) is 8.42 Å². The minimum absolute atomic E-state index is 0.0820. The maximum atomic E-state index is 11.5. The molecule has 1 aromatic rings. The van der Waals surface area contributed by atoms with Crippen LogP contribution in [0.2, 0.25) is 0 Å². The Kier molecular flexibility index (Phi) is 3.98. The number of sulfone groups is 1. The third kappa shape index (κ3) is 3.40. The number of nitrogens with zero attached hydrogens (tertiary/aromatic N) is 4. The molecule has 0 spiro atoms. The Morgan fingerprint density at radius 2 is 2.42 bits per heavy atom. The number of anilines is 2. The van der Waals surface area contributed by atoms with Gasteiger partial charge in [0.25, 0.3) is 0 Å². The maximum Gasteiger partial charge on any atom is 0.247 e. The Morgan fingerprint density at radius 3 is 3.05 bits per heavy atom. The fraction of sp³-hybridized carbons (Fsp3) is 0.545. The average Bonchev–Trinajstić information content (AvgIpc) is 2.76. The lowest BCUT2D eigenvalue weighted by Crippen LogP contribution is -2.34. The monoisotopic (exact) mass is 283 g/mol. The van der Waals surface area contributed by atoms with Gasteiger partial charge in [-0.05, 0) is 6.42 Å². The Bertz CT molecular complexity index is 560. The number of aromatic nitrogens is 3. The molecule has 7 nitrogen and oxygen atoms in total. The van der Waals surface area contributed by atoms with Crippen molar-refractivity contribution in [2.24, 2.45) is 0 Å². The largest absolute Gasteiger partial charge is 0.365 e. The highest BCUT2D eigenvalue weighted by Gasteiger charge is 2.31. The van der Waals surface area contributed by atoms with Crippen LogP contribution in [-0.4, -0.2) is 54.7 Å². The van der Waals surface area contributed by atoms with Gasteiger partial charge >= 0.3 is 0 Å². The molecule has 0 saturated carbocycles. The third-order valence-corrected chi connectivity index (χ3v) is 4.80. The average molecular weight is 283 g/mol. The quantitative estimate of drug-likeness (QED) is 0.766. The molecule has 8 heteroatoms. The van der Waals surface area contributed by atoms with Crippen LogP contribution >= 0.6 is 0 Å². The molecule has 1 N–H and O–H groups in total. The summed E-state index contributed by atoms with van der Waals surface area (Å²) in [5, 5.41) is 10.8. The van der Waals surface area contributed by atoms with Gasteiger partial charge < -0.3 is 10.2 Å². The van der Waals surface area contributed by atoms with E-state index in [0.29, 0.717) is 24.7 Å². The SMILES string of the molecule is C=CCNc1cnnc(N(C)C2CCS(=O)(=O)C2)n1. The molecule has 0 amide bonds. The van der Waals surface area contributed by atoms with Crippen LogP contribution in [0, 0.1) is 0 Å². The number of hydrogen-bond acceptors (Lipinski definition) is 7. The van der Waals surface area contributed by atoms with Gasteiger partial charge in [0.2, 0.25) is 5.95 Å². The van der Waals surface area contributed by atoms with Crippen molar-refractivity contribution < 1.29 is 8.42 Å². The predicted molar refractivity (Wildman–Crippen MR) is 74.0 cm³/mol. The molecule has 1 aliphatic heterocycles. The summed E-state index contributed by atoms with van der Waals surface area (Å²) in [5.74, 6) is 1.40. The van der Waals surface area contributed by atoms with Crippen LogP contribution in [0.3, 0.4) is 0 Å². The van der Waals surface area contributed by atoms with E-state index in [-0.39, 0.29) is 17.5 Å². The summed E-state index contributed by atoms with van der Waals surface area (Å²) in [6.45, 7) is 4.19. The maximum absolute atomic E-state index is 11.5. The first-order valence-electron chi connectivity index (χ1n) is 5.99. The van der Waals surface area contributed by atoms with Crippen molar-refractivity contribution in [1.29, 1.82) is 0 Å². The van der Waals surface area contributed by atoms with Crippen LogP contribution in [0.15, 0.2) is 18.9 Å². The first kappa shape index (κ1) is 13.7. The van der Waals surface area contributed by atoms with E-state index in [4.69, 9.17) is 0 Å². The van der Waals surface area contributed by atoms with Gasteiger partial charge in [0.15, 0.2) is 15.7 Å². The van der Waals surface area contributed by atoms with Gasteiger partial charge in [-0.1, -0.05) is 6.08 Å². The summed E-state index contributed by atoms with van der Waals surface area (Å²) >= 11 is 0. The van der Waals surface area contributed by atoms with Gasteiger partial charge in [0, 0.05) is 19.6 Å². The summed E-state index contributed by atoms with van der Waals surface area (Å²) in [5.41, 5.74) is 0. The first-order chi connectivity index (χ1) is 9.02. The zero-order valence-electron chi connectivity index (χ0n) is 10.8. The van der Waals surface area contributed by atoms with Crippen LogP contribution < -0.4 is 10.2 Å². The van der Waals surface area contributed by atoms with Crippen LogP contribution in [-0.2, 0) is 9.84 Å². The molecule has 1 saturated heterocycles. The Hall–Kier alpha value is -1.70. The highest BCUT2D eigenvalue weighted by molar-refractivity contribution is 7.91. The van der Waals surface area contributed by atoms with Gasteiger partial charge in [-0.2, -0.15) is 10.1 Å². The standard InChI is InChI=1S/C11H17N5O2S/c1-3-5-12-10-7-13-15-11(14-10)16(2)9-4-6-19(17,18)8-9/h3,7,9H,1,4-6,8H2,2H3,(H,12,14,15). The lowest BCUT2D eigenvalue weighted by Gasteiger charge is -2.22. The van der Waals surface area contributed by atoms with Gasteiger partial charge in [0.1, 0.15) is 0 Å². The molecule has 104 valence electrons. The van der Waals surface area contributed by atoms with Crippen LogP contribution in [0.25, 0.3) is 0 Å². The van der Waals surface area contributed by atoms with Crippen molar-refractivity contribution in [3.63, 3.8) is 0 Å². The first-order valence-corrected chi connectivity index (χ1v) is 7.82. The topological polar surface area (TPSA) is 88.1 Å². The van der Waals surface area contributed by atoms with Crippen molar-refractivity contribution >= 4 is 21.6 Å². The molecule has 19 heavy (non-hydrogen) atoms. The second-order valence-electron chi connectivity index (χ2n) is 4.48. The Balaban J connectivity index is 2.10. The predicted octanol–water partition coefficient (Wildman–Crippen LogP) is 0.0928. The number of hydrogen-bond donors (Lipinski definition) is 1. The van der Waals surface area contributed by atoms with Crippen molar-refractivity contribution in [3.8, 4) is 0 Å². The molecule has 2 rings (SSSR count). The van der Waals surface area contributed by atoms with Crippen LogP contribution in [0.5, 0.6) is 0 Å². The summed E-state index contributed by atoms with van der Waals surface area (Å²) in [6.07, 6.45) is 3.84. The van der Waals surface area contributed by atoms with E-state index in [2.05, 4.69) is 27.1 Å². The summed E-state index contributed by atoms with van der Waals surface area (Å²) in [7, 11) is -1.13. The highest BCUT2D eigenvalue weighted by atomic mass is 32.2. The van der Waals surface area contributed by atoms with Crippen molar-refractivity contribution in [2.75, 3.05) is 35.3 Å². The zero-order valence-corrected chi connectivity index (χ0v) is 11.6. The van der Waals surface area contributed by atoms with E-state index < -0.39 is 9.84 Å². The molecule has 2 heterocycles. The molecule has 0 aliphatic carbocycles. The molecule has 1 atom stereocenters. The lowest BCUT2D eigenvalue weighted by molar-refractivity contribution is 0.600. The second kappa shape index (κ2) is 5.52. The van der Waals surface area contributed by atoms with Gasteiger partial charge in [0.05, 0.1) is 17.7 Å². The van der Waals surface area contributed by atoms with Gasteiger partial charge in [-0.15, -0.1) is 11.7 Å². The minimum atomic E-state index is -2.92. The molecule has 0 aromatic carbocycles. The Labute approximate surface area is 112 Å². The van der Waals surface area contributed by atoms with Crippen molar-refractivity contribution in [1.82, 2.24) is 15.2 Å². The third-order valence-electron chi connectivity index (χ3n) is 3.05. The van der Waals surface area contributed by atoms with Crippen LogP contribution in [0.1, 0.15) is 6.42 Å². The molecule has 1 unspecified atom stereocenters. The lowest BCUT2D eigenvalue weighted by atomic mass is 10.2. The van der Waals surface area contributed by atoms with Crippen LogP contribution in [0.4, 0.5) is 11.8 Å². The Morgan fingerprint density at radius 1 is 1.63 bits per heavy atom. The summed E-state index contributed by atoms with van der Waals surface area (Å²) in [6, 6.07) is -0.0820. The molecule has 0 bridgehead atoms. The molecular formula is C11H17N5O2S. The van der Waals surface area contributed by atoms with Crippen molar-refractivity contribution in [2.45, 2.75) is 12.5 Å².